The molecule has 0 bridgehead atoms. The molecule has 0 amide bonds. The van der Waals surface area contributed by atoms with E-state index in [1.165, 1.54) is 0 Å². The second-order valence-corrected chi connectivity index (χ2v) is 6.41. The van der Waals surface area contributed by atoms with Crippen LogP contribution in [0, 0.1) is 5.82 Å². The molecular formula is C12H14FNO5S. The molecule has 6 nitrogen and oxygen atoms in total. The summed E-state index contributed by atoms with van der Waals surface area (Å²) in [5.41, 5.74) is -0.689. The lowest BCUT2D eigenvalue weighted by molar-refractivity contribution is 0.0691. The molecule has 20 heavy (non-hydrogen) atoms. The highest BCUT2D eigenvalue weighted by Crippen LogP contribution is 2.32. The van der Waals surface area contributed by atoms with Gasteiger partial charge in [-0.25, -0.2) is 17.6 Å². The first-order chi connectivity index (χ1) is 9.37. The Hall–Kier alpha value is -1.51. The maximum atomic E-state index is 13.3. The molecule has 1 aliphatic rings. The maximum Gasteiger partial charge on any atom is 0.338 e. The number of hydrogen-bond acceptors (Lipinski definition) is 4. The Balaban J connectivity index is 2.42. The van der Waals surface area contributed by atoms with Crippen molar-refractivity contribution in [3.8, 4) is 0 Å². The number of carboxylic acid groups (broad SMARTS) is 1. The van der Waals surface area contributed by atoms with Crippen LogP contribution in [0.2, 0.25) is 0 Å². The zero-order valence-corrected chi connectivity index (χ0v) is 11.3. The van der Waals surface area contributed by atoms with Crippen molar-refractivity contribution in [3.63, 3.8) is 0 Å². The predicted octanol–water partition coefficient (Wildman–Crippen LogP) is 0.669. The monoisotopic (exact) mass is 303 g/mol. The number of nitrogens with zero attached hydrogens (tertiary/aromatic N) is 1. The van der Waals surface area contributed by atoms with Gasteiger partial charge >= 0.3 is 5.97 Å². The van der Waals surface area contributed by atoms with E-state index in [9.17, 15) is 17.6 Å². The molecule has 1 fully saturated rings. The fourth-order valence-electron chi connectivity index (χ4n) is 1.92. The van der Waals surface area contributed by atoms with Gasteiger partial charge < -0.3 is 10.2 Å². The van der Waals surface area contributed by atoms with Crippen molar-refractivity contribution >= 4 is 16.0 Å². The minimum atomic E-state index is -3.93. The van der Waals surface area contributed by atoms with Gasteiger partial charge in [0.05, 0.1) is 17.1 Å². The molecule has 1 aromatic rings. The van der Waals surface area contributed by atoms with Crippen molar-refractivity contribution in [1.29, 1.82) is 0 Å². The molecule has 1 aliphatic carbocycles. The lowest BCUT2D eigenvalue weighted by atomic mass is 10.2. The zero-order chi connectivity index (χ0) is 14.9. The van der Waals surface area contributed by atoms with Crippen LogP contribution in [-0.4, -0.2) is 48.1 Å². The van der Waals surface area contributed by atoms with E-state index in [-0.39, 0.29) is 24.1 Å². The van der Waals surface area contributed by atoms with Crippen molar-refractivity contribution < 1.29 is 27.8 Å². The molecule has 1 aromatic carbocycles. The van der Waals surface area contributed by atoms with Crippen molar-refractivity contribution in [2.24, 2.45) is 0 Å². The van der Waals surface area contributed by atoms with E-state index in [0.717, 1.165) is 22.5 Å². The molecular weight excluding hydrogens is 289 g/mol. The third-order valence-corrected chi connectivity index (χ3v) is 5.00. The van der Waals surface area contributed by atoms with E-state index in [4.69, 9.17) is 10.2 Å². The van der Waals surface area contributed by atoms with Gasteiger partial charge in [-0.2, -0.15) is 4.31 Å². The Bertz CT molecular complexity index is 627. The minimum absolute atomic E-state index is 0.0627. The standard InChI is InChI=1S/C12H14FNO5S/c13-11-4-3-9(7-10(11)12(16)17)20(18,19)14(5-6-15)8-1-2-8/h3-4,7-8,15H,1-2,5-6H2,(H,16,17). The molecule has 0 atom stereocenters. The van der Waals surface area contributed by atoms with Crippen molar-refractivity contribution in [2.75, 3.05) is 13.2 Å². The largest absolute Gasteiger partial charge is 0.478 e. The smallest absolute Gasteiger partial charge is 0.338 e. The Labute approximate surface area is 115 Å². The number of sulfonamides is 1. The summed E-state index contributed by atoms with van der Waals surface area (Å²) in [7, 11) is -3.93. The molecule has 2 N–H and O–H groups in total. The number of carbonyl (C=O) groups is 1. The molecule has 2 rings (SSSR count). The molecule has 0 unspecified atom stereocenters. The number of carboxylic acids is 1. The molecule has 0 spiro atoms. The van der Waals surface area contributed by atoms with E-state index >= 15 is 0 Å². The molecule has 8 heteroatoms. The number of aliphatic hydroxyl groups is 1. The highest BCUT2D eigenvalue weighted by molar-refractivity contribution is 7.89. The summed E-state index contributed by atoms with van der Waals surface area (Å²) in [6.45, 7) is -0.393. The number of aromatic carboxylic acids is 1. The van der Waals surface area contributed by atoms with Crippen LogP contribution in [0.1, 0.15) is 23.2 Å². The van der Waals surface area contributed by atoms with Gasteiger partial charge in [0.1, 0.15) is 5.82 Å². The number of rotatable bonds is 6. The summed E-state index contributed by atoms with van der Waals surface area (Å²) in [5, 5.41) is 17.8. The first-order valence-corrected chi connectivity index (χ1v) is 7.47. The van der Waals surface area contributed by atoms with Crippen LogP contribution >= 0.6 is 0 Å². The average molecular weight is 303 g/mol. The quantitative estimate of drug-likeness (QED) is 0.805. The topological polar surface area (TPSA) is 94.9 Å². The van der Waals surface area contributed by atoms with E-state index in [1.54, 1.807) is 0 Å². The SMILES string of the molecule is O=C(O)c1cc(S(=O)(=O)N(CCO)C2CC2)ccc1F. The summed E-state index contributed by atoms with van der Waals surface area (Å²) in [5.74, 6) is -2.52. The Morgan fingerprint density at radius 2 is 2.05 bits per heavy atom. The number of aliphatic hydroxyl groups excluding tert-OH is 1. The van der Waals surface area contributed by atoms with Gasteiger partial charge in [0.2, 0.25) is 10.0 Å². The first-order valence-electron chi connectivity index (χ1n) is 6.03. The van der Waals surface area contributed by atoms with Gasteiger partial charge in [0, 0.05) is 12.6 Å². The van der Waals surface area contributed by atoms with Crippen LogP contribution in [-0.2, 0) is 10.0 Å². The minimum Gasteiger partial charge on any atom is -0.478 e. The number of hydrogen-bond donors (Lipinski definition) is 2. The Kier molecular flexibility index (Phi) is 4.07. The molecule has 0 saturated heterocycles. The van der Waals surface area contributed by atoms with E-state index in [1.807, 2.05) is 0 Å². The van der Waals surface area contributed by atoms with E-state index in [2.05, 4.69) is 0 Å². The van der Waals surface area contributed by atoms with E-state index < -0.39 is 27.4 Å². The van der Waals surface area contributed by atoms with Crippen LogP contribution in [0.5, 0.6) is 0 Å². The Morgan fingerprint density at radius 1 is 1.40 bits per heavy atom. The van der Waals surface area contributed by atoms with Crippen LogP contribution < -0.4 is 0 Å². The maximum absolute atomic E-state index is 13.3. The van der Waals surface area contributed by atoms with Crippen LogP contribution in [0.4, 0.5) is 4.39 Å². The first kappa shape index (κ1) is 14.9. The third-order valence-electron chi connectivity index (χ3n) is 3.05. The van der Waals surface area contributed by atoms with Crippen LogP contribution in [0.25, 0.3) is 0 Å². The predicted molar refractivity (Wildman–Crippen MR) is 67.4 cm³/mol. The third kappa shape index (κ3) is 2.82. The Morgan fingerprint density at radius 3 is 2.55 bits per heavy atom. The average Bonchev–Trinajstić information content (AvgIpc) is 3.19. The second kappa shape index (κ2) is 5.47. The zero-order valence-electron chi connectivity index (χ0n) is 10.5. The summed E-state index contributed by atoms with van der Waals surface area (Å²) < 4.78 is 39.2. The fraction of sp³-hybridized carbons (Fsp3) is 0.417. The number of halogens is 1. The summed E-state index contributed by atoms with van der Waals surface area (Å²) >= 11 is 0. The molecule has 1 saturated carbocycles. The van der Waals surface area contributed by atoms with E-state index in [0.29, 0.717) is 12.8 Å². The van der Waals surface area contributed by atoms with Gasteiger partial charge in [-0.1, -0.05) is 0 Å². The second-order valence-electron chi connectivity index (χ2n) is 4.52. The lowest BCUT2D eigenvalue weighted by Gasteiger charge is -2.21. The van der Waals surface area contributed by atoms with Crippen LogP contribution in [0.3, 0.4) is 0 Å². The summed E-state index contributed by atoms with van der Waals surface area (Å²) in [6, 6.07) is 2.48. The lowest BCUT2D eigenvalue weighted by Crippen LogP contribution is -2.35. The number of benzene rings is 1. The van der Waals surface area contributed by atoms with Crippen molar-refractivity contribution in [2.45, 2.75) is 23.8 Å². The highest BCUT2D eigenvalue weighted by Gasteiger charge is 2.38. The molecule has 0 radical (unpaired) electrons. The van der Waals surface area contributed by atoms with Gasteiger partial charge in [-0.05, 0) is 31.0 Å². The molecule has 0 heterocycles. The van der Waals surface area contributed by atoms with Crippen LogP contribution in [0.15, 0.2) is 23.1 Å². The molecule has 0 aromatic heterocycles. The summed E-state index contributed by atoms with van der Waals surface area (Å²) in [6.07, 6.45) is 1.40. The molecule has 0 aliphatic heterocycles. The van der Waals surface area contributed by atoms with Gasteiger partial charge in [0.25, 0.3) is 0 Å². The molecule has 110 valence electrons. The van der Waals surface area contributed by atoms with Gasteiger partial charge in [0.15, 0.2) is 0 Å². The normalized spacial score (nSPS) is 15.6. The fourth-order valence-corrected chi connectivity index (χ4v) is 3.63. The summed E-state index contributed by atoms with van der Waals surface area (Å²) in [4.78, 5) is 10.6. The van der Waals surface area contributed by atoms with Gasteiger partial charge in [-0.3, -0.25) is 0 Å². The van der Waals surface area contributed by atoms with Crippen molar-refractivity contribution in [3.05, 3.63) is 29.6 Å². The van der Waals surface area contributed by atoms with Gasteiger partial charge in [-0.15, -0.1) is 0 Å². The van der Waals surface area contributed by atoms with Crippen molar-refractivity contribution in [1.82, 2.24) is 4.31 Å². The highest BCUT2D eigenvalue weighted by atomic mass is 32.2.